The van der Waals surface area contributed by atoms with Crippen LogP contribution in [0.25, 0.3) is 0 Å². The van der Waals surface area contributed by atoms with Crippen LogP contribution in [-0.2, 0) is 19.6 Å². The number of nitrogens with one attached hydrogen (secondary N) is 1. The zero-order valence-electron chi connectivity index (χ0n) is 9.18. The Kier molecular flexibility index (Phi) is 4.69. The number of carbonyl (C=O) groups excluding carboxylic acids is 1. The van der Waals surface area contributed by atoms with Crippen molar-refractivity contribution in [3.8, 4) is 0 Å². The van der Waals surface area contributed by atoms with E-state index in [4.69, 9.17) is 0 Å². The second-order valence-electron chi connectivity index (χ2n) is 3.91. The van der Waals surface area contributed by atoms with Gasteiger partial charge in [0.2, 0.25) is 10.0 Å². The number of rotatable bonds is 4. The average molecular weight is 251 g/mol. The molecular weight excluding hydrogens is 234 g/mol. The number of esters is 1. The zero-order valence-corrected chi connectivity index (χ0v) is 10.00. The van der Waals surface area contributed by atoms with Crippen LogP contribution in [0.5, 0.6) is 0 Å². The molecule has 1 saturated carbocycles. The molecule has 0 amide bonds. The van der Waals surface area contributed by atoms with Gasteiger partial charge in [-0.3, -0.25) is 4.79 Å². The van der Waals surface area contributed by atoms with Crippen LogP contribution < -0.4 is 4.72 Å². The summed E-state index contributed by atoms with van der Waals surface area (Å²) in [6.45, 7) is 0. The summed E-state index contributed by atoms with van der Waals surface area (Å²) in [5.41, 5.74) is 0. The highest BCUT2D eigenvalue weighted by molar-refractivity contribution is 7.90. The molecule has 2 atom stereocenters. The molecule has 0 unspecified atom stereocenters. The molecule has 1 aliphatic carbocycles. The lowest BCUT2D eigenvalue weighted by Gasteiger charge is -2.27. The van der Waals surface area contributed by atoms with Crippen molar-refractivity contribution in [1.82, 2.24) is 4.72 Å². The molecule has 94 valence electrons. The van der Waals surface area contributed by atoms with E-state index in [1.165, 1.54) is 0 Å². The molecule has 6 nitrogen and oxygen atoms in total. The third-order valence-corrected chi connectivity index (χ3v) is 3.87. The lowest BCUT2D eigenvalue weighted by atomic mass is 9.93. The molecule has 0 saturated heterocycles. The number of hydrogen-bond acceptors (Lipinski definition) is 5. The molecule has 16 heavy (non-hydrogen) atoms. The zero-order chi connectivity index (χ0) is 12.2. The number of sulfonamides is 1. The Morgan fingerprint density at radius 1 is 1.44 bits per heavy atom. The van der Waals surface area contributed by atoms with Crippen LogP contribution in [0.1, 0.15) is 25.7 Å². The molecule has 0 heterocycles. The van der Waals surface area contributed by atoms with Crippen molar-refractivity contribution in [2.24, 2.45) is 0 Å². The Labute approximate surface area is 95.0 Å². The number of aliphatic hydroxyl groups is 1. The van der Waals surface area contributed by atoms with Gasteiger partial charge in [0, 0.05) is 6.04 Å². The average Bonchev–Trinajstić information content (AvgIpc) is 2.20. The van der Waals surface area contributed by atoms with Crippen LogP contribution in [0.4, 0.5) is 0 Å². The van der Waals surface area contributed by atoms with Gasteiger partial charge in [0.05, 0.1) is 13.2 Å². The van der Waals surface area contributed by atoms with Gasteiger partial charge < -0.3 is 9.84 Å². The van der Waals surface area contributed by atoms with Crippen molar-refractivity contribution in [3.63, 3.8) is 0 Å². The first-order chi connectivity index (χ1) is 7.44. The predicted molar refractivity (Wildman–Crippen MR) is 57.2 cm³/mol. The van der Waals surface area contributed by atoms with Crippen LogP contribution in [0.15, 0.2) is 0 Å². The van der Waals surface area contributed by atoms with Gasteiger partial charge in [-0.1, -0.05) is 12.8 Å². The summed E-state index contributed by atoms with van der Waals surface area (Å²) in [6.07, 6.45) is 2.30. The van der Waals surface area contributed by atoms with E-state index in [1.54, 1.807) is 0 Å². The summed E-state index contributed by atoms with van der Waals surface area (Å²) in [5.74, 6) is -1.51. The summed E-state index contributed by atoms with van der Waals surface area (Å²) < 4.78 is 29.6. The maximum atomic E-state index is 11.5. The van der Waals surface area contributed by atoms with E-state index in [0.29, 0.717) is 12.8 Å². The lowest BCUT2D eigenvalue weighted by Crippen LogP contribution is -2.46. The van der Waals surface area contributed by atoms with Crippen molar-refractivity contribution in [2.45, 2.75) is 37.8 Å². The third-order valence-electron chi connectivity index (χ3n) is 2.60. The predicted octanol–water partition coefficient (Wildman–Crippen LogP) is -0.618. The Morgan fingerprint density at radius 2 is 2.06 bits per heavy atom. The van der Waals surface area contributed by atoms with Crippen molar-refractivity contribution in [3.05, 3.63) is 0 Å². The number of aliphatic hydroxyl groups excluding tert-OH is 1. The van der Waals surface area contributed by atoms with Gasteiger partial charge in [-0.25, -0.2) is 13.1 Å². The highest BCUT2D eigenvalue weighted by atomic mass is 32.2. The first kappa shape index (κ1) is 13.4. The highest BCUT2D eigenvalue weighted by Gasteiger charge is 2.28. The van der Waals surface area contributed by atoms with E-state index < -0.39 is 33.9 Å². The van der Waals surface area contributed by atoms with Gasteiger partial charge in [0.15, 0.2) is 5.75 Å². The van der Waals surface area contributed by atoms with Crippen molar-refractivity contribution in [1.29, 1.82) is 0 Å². The Bertz CT molecular complexity index is 340. The summed E-state index contributed by atoms with van der Waals surface area (Å²) >= 11 is 0. The topological polar surface area (TPSA) is 92.7 Å². The Morgan fingerprint density at radius 3 is 2.62 bits per heavy atom. The molecular formula is C9H17NO5S. The monoisotopic (exact) mass is 251 g/mol. The molecule has 7 heteroatoms. The second-order valence-corrected chi connectivity index (χ2v) is 5.67. The molecule has 0 aliphatic heterocycles. The van der Waals surface area contributed by atoms with E-state index in [1.807, 2.05) is 0 Å². The van der Waals surface area contributed by atoms with Gasteiger partial charge in [-0.15, -0.1) is 0 Å². The highest BCUT2D eigenvalue weighted by Crippen LogP contribution is 2.18. The SMILES string of the molecule is COC(=O)CS(=O)(=O)N[C@H]1CCCC[C@@H]1O. The molecule has 2 N–H and O–H groups in total. The van der Waals surface area contributed by atoms with E-state index >= 15 is 0 Å². The van der Waals surface area contributed by atoms with Gasteiger partial charge in [0.1, 0.15) is 0 Å². The maximum Gasteiger partial charge on any atom is 0.322 e. The van der Waals surface area contributed by atoms with Gasteiger partial charge in [-0.05, 0) is 12.8 Å². The minimum Gasteiger partial charge on any atom is -0.468 e. The van der Waals surface area contributed by atoms with Crippen molar-refractivity contribution >= 4 is 16.0 Å². The minimum absolute atomic E-state index is 0.483. The molecule has 1 rings (SSSR count). The van der Waals surface area contributed by atoms with Gasteiger partial charge >= 0.3 is 5.97 Å². The number of carbonyl (C=O) groups is 1. The van der Waals surface area contributed by atoms with Gasteiger partial charge in [-0.2, -0.15) is 0 Å². The molecule has 0 aromatic carbocycles. The first-order valence-corrected chi connectivity index (χ1v) is 6.85. The van der Waals surface area contributed by atoms with Crippen molar-refractivity contribution < 1.29 is 23.1 Å². The van der Waals surface area contributed by atoms with Crippen LogP contribution >= 0.6 is 0 Å². The largest absolute Gasteiger partial charge is 0.468 e. The summed E-state index contributed by atoms with van der Waals surface area (Å²) in [4.78, 5) is 10.8. The minimum atomic E-state index is -3.71. The molecule has 1 aliphatic rings. The Hall–Kier alpha value is -0.660. The van der Waals surface area contributed by atoms with E-state index in [0.717, 1.165) is 20.0 Å². The van der Waals surface area contributed by atoms with Crippen LogP contribution in [-0.4, -0.2) is 44.5 Å². The fourth-order valence-corrected chi connectivity index (χ4v) is 2.98. The van der Waals surface area contributed by atoms with Crippen LogP contribution in [0.2, 0.25) is 0 Å². The molecule has 0 spiro atoms. The van der Waals surface area contributed by atoms with Gasteiger partial charge in [0.25, 0.3) is 0 Å². The number of hydrogen-bond donors (Lipinski definition) is 2. The molecule has 0 aromatic rings. The number of methoxy groups -OCH3 is 1. The summed E-state index contributed by atoms with van der Waals surface area (Å²) in [7, 11) is -2.58. The quantitative estimate of drug-likeness (QED) is 0.650. The van der Waals surface area contributed by atoms with E-state index in [9.17, 15) is 18.3 Å². The Balaban J connectivity index is 2.54. The fourth-order valence-electron chi connectivity index (χ4n) is 1.74. The molecule has 1 fully saturated rings. The van der Waals surface area contributed by atoms with E-state index in [2.05, 4.69) is 9.46 Å². The smallest absolute Gasteiger partial charge is 0.322 e. The van der Waals surface area contributed by atoms with Crippen molar-refractivity contribution in [2.75, 3.05) is 12.9 Å². The van der Waals surface area contributed by atoms with Crippen LogP contribution in [0.3, 0.4) is 0 Å². The maximum absolute atomic E-state index is 11.5. The molecule has 0 aromatic heterocycles. The standard InChI is InChI=1S/C9H17NO5S/c1-15-9(12)6-16(13,14)10-7-4-2-3-5-8(7)11/h7-8,10-11H,2-6H2,1H3/t7-,8-/m0/s1. The number of ether oxygens (including phenoxy) is 1. The first-order valence-electron chi connectivity index (χ1n) is 5.19. The molecule has 0 radical (unpaired) electrons. The third kappa shape index (κ3) is 4.07. The summed E-state index contributed by atoms with van der Waals surface area (Å²) in [6, 6.07) is -0.483. The summed E-state index contributed by atoms with van der Waals surface area (Å²) in [5, 5.41) is 9.58. The van der Waals surface area contributed by atoms with Crippen LogP contribution in [0, 0.1) is 0 Å². The normalized spacial score (nSPS) is 26.4. The van der Waals surface area contributed by atoms with E-state index in [-0.39, 0.29) is 0 Å². The molecule has 0 bridgehead atoms. The lowest BCUT2D eigenvalue weighted by molar-refractivity contribution is -0.137. The fraction of sp³-hybridized carbons (Fsp3) is 0.889. The second kappa shape index (κ2) is 5.60.